The average molecular weight is 479 g/mol. The maximum atomic E-state index is 5.35. The molecule has 0 amide bonds. The Morgan fingerprint density at radius 3 is 0.917 bits per heavy atom. The van der Waals surface area contributed by atoms with Gasteiger partial charge in [0.15, 0.2) is 0 Å². The van der Waals surface area contributed by atoms with Crippen LogP contribution in [0.4, 0.5) is 0 Å². The smallest absolute Gasteiger partial charge is 0.123 e. The third-order valence-electron chi connectivity index (χ3n) is 5.84. The highest BCUT2D eigenvalue weighted by atomic mass is 16.5. The number of methoxy groups -OCH3 is 4. The van der Waals surface area contributed by atoms with Gasteiger partial charge in [0.2, 0.25) is 0 Å². The van der Waals surface area contributed by atoms with Crippen LogP contribution in [0, 0.1) is 0 Å². The molecule has 0 spiro atoms. The van der Waals surface area contributed by atoms with Crippen molar-refractivity contribution >= 4 is 24.3 Å². The van der Waals surface area contributed by atoms with Gasteiger partial charge in [0.05, 0.1) is 28.4 Å². The maximum absolute atomic E-state index is 5.35. The summed E-state index contributed by atoms with van der Waals surface area (Å²) in [5.41, 5.74) is 6.62. The van der Waals surface area contributed by atoms with Gasteiger partial charge in [-0.15, -0.1) is 0 Å². The Bertz CT molecular complexity index is 1200. The van der Waals surface area contributed by atoms with Crippen LogP contribution in [-0.2, 0) is 0 Å². The number of hydrogen-bond donors (Lipinski definition) is 0. The second-order valence-corrected chi connectivity index (χ2v) is 8.20. The van der Waals surface area contributed by atoms with Crippen LogP contribution in [0.3, 0.4) is 0 Å². The maximum Gasteiger partial charge on any atom is 0.123 e. The summed E-state index contributed by atoms with van der Waals surface area (Å²) in [6.07, 6.45) is 8.27. The number of ether oxygens (including phenoxy) is 4. The van der Waals surface area contributed by atoms with Crippen LogP contribution in [0.5, 0.6) is 23.0 Å². The van der Waals surface area contributed by atoms with Gasteiger partial charge < -0.3 is 18.9 Å². The van der Waals surface area contributed by atoms with E-state index in [2.05, 4.69) is 72.8 Å². The summed E-state index contributed by atoms with van der Waals surface area (Å²) in [5, 5.41) is 0. The second kappa shape index (κ2) is 11.8. The monoisotopic (exact) mass is 478 g/mol. The van der Waals surface area contributed by atoms with Crippen molar-refractivity contribution in [2.24, 2.45) is 0 Å². The zero-order chi connectivity index (χ0) is 25.3. The molecular weight excluding hydrogens is 448 g/mol. The molecule has 4 aromatic carbocycles. The zero-order valence-electron chi connectivity index (χ0n) is 21.0. The van der Waals surface area contributed by atoms with Crippen LogP contribution in [0.2, 0.25) is 0 Å². The van der Waals surface area contributed by atoms with E-state index in [1.165, 1.54) is 11.1 Å². The van der Waals surface area contributed by atoms with Crippen molar-refractivity contribution in [1.82, 2.24) is 0 Å². The first-order valence-electron chi connectivity index (χ1n) is 11.6. The van der Waals surface area contributed by atoms with Gasteiger partial charge in [-0.05, 0) is 57.6 Å². The molecule has 0 aliphatic carbocycles. The molecule has 0 atom stereocenters. The number of rotatable bonds is 9. The molecule has 0 saturated carbocycles. The molecule has 0 unspecified atom stereocenters. The summed E-state index contributed by atoms with van der Waals surface area (Å²) in [5.74, 6) is 3.08. The van der Waals surface area contributed by atoms with E-state index in [0.717, 1.165) is 45.3 Å². The molecule has 36 heavy (non-hydrogen) atoms. The van der Waals surface area contributed by atoms with E-state index < -0.39 is 0 Å². The lowest BCUT2D eigenvalue weighted by Gasteiger charge is -2.06. The molecule has 0 saturated heterocycles. The Balaban J connectivity index is 1.44. The van der Waals surface area contributed by atoms with E-state index in [0.29, 0.717) is 0 Å². The van der Waals surface area contributed by atoms with Crippen LogP contribution in [0.25, 0.3) is 35.4 Å². The molecule has 0 aliphatic heterocycles. The number of benzene rings is 4. The van der Waals surface area contributed by atoms with Crippen LogP contribution in [-0.4, -0.2) is 28.4 Å². The molecule has 182 valence electrons. The molecule has 0 bridgehead atoms. The second-order valence-electron chi connectivity index (χ2n) is 8.20. The highest BCUT2D eigenvalue weighted by Crippen LogP contribution is 2.26. The van der Waals surface area contributed by atoms with Crippen molar-refractivity contribution in [3.05, 3.63) is 107 Å². The molecule has 0 N–H and O–H groups in total. The molecule has 0 radical (unpaired) electrons. The Morgan fingerprint density at radius 1 is 0.361 bits per heavy atom. The summed E-state index contributed by atoms with van der Waals surface area (Å²) in [7, 11) is 6.62. The first-order chi connectivity index (χ1) is 17.6. The molecule has 0 aliphatic rings. The Morgan fingerprint density at radius 2 is 0.639 bits per heavy atom. The summed E-state index contributed by atoms with van der Waals surface area (Å²) in [4.78, 5) is 0. The topological polar surface area (TPSA) is 36.9 Å². The van der Waals surface area contributed by atoms with Crippen molar-refractivity contribution < 1.29 is 18.9 Å². The molecule has 4 nitrogen and oxygen atoms in total. The van der Waals surface area contributed by atoms with Crippen molar-refractivity contribution in [3.8, 4) is 34.1 Å². The first kappa shape index (κ1) is 24.7. The minimum atomic E-state index is 0.769. The lowest BCUT2D eigenvalue weighted by Crippen LogP contribution is -1.88. The molecule has 0 heterocycles. The summed E-state index contributed by atoms with van der Waals surface area (Å²) < 4.78 is 21.4. The van der Waals surface area contributed by atoms with E-state index >= 15 is 0 Å². The van der Waals surface area contributed by atoms with E-state index in [1.807, 2.05) is 36.4 Å². The molecule has 4 rings (SSSR count). The van der Waals surface area contributed by atoms with E-state index in [9.17, 15) is 0 Å². The van der Waals surface area contributed by atoms with Gasteiger partial charge in [-0.3, -0.25) is 0 Å². The van der Waals surface area contributed by atoms with Crippen LogP contribution < -0.4 is 18.9 Å². The van der Waals surface area contributed by atoms with Gasteiger partial charge in [0.25, 0.3) is 0 Å². The number of hydrogen-bond acceptors (Lipinski definition) is 4. The van der Waals surface area contributed by atoms with E-state index in [1.54, 1.807) is 28.4 Å². The largest absolute Gasteiger partial charge is 0.497 e. The van der Waals surface area contributed by atoms with Crippen LogP contribution in [0.1, 0.15) is 22.3 Å². The van der Waals surface area contributed by atoms with E-state index in [4.69, 9.17) is 18.9 Å². The summed E-state index contributed by atoms with van der Waals surface area (Å²) in [6, 6.07) is 28.7. The molecular formula is C32H30O4. The van der Waals surface area contributed by atoms with Gasteiger partial charge >= 0.3 is 0 Å². The van der Waals surface area contributed by atoms with Crippen molar-refractivity contribution in [3.63, 3.8) is 0 Å². The van der Waals surface area contributed by atoms with Crippen LogP contribution in [0.15, 0.2) is 84.9 Å². The normalized spacial score (nSPS) is 11.1. The van der Waals surface area contributed by atoms with Crippen LogP contribution >= 0.6 is 0 Å². The fraction of sp³-hybridized carbons (Fsp3) is 0.125. The van der Waals surface area contributed by atoms with Gasteiger partial charge in [-0.25, -0.2) is 0 Å². The van der Waals surface area contributed by atoms with E-state index in [-0.39, 0.29) is 0 Å². The predicted molar refractivity (Wildman–Crippen MR) is 149 cm³/mol. The Labute approximate surface area is 213 Å². The Hall–Kier alpha value is -4.44. The molecule has 4 heteroatoms. The third kappa shape index (κ3) is 6.36. The van der Waals surface area contributed by atoms with Crippen molar-refractivity contribution in [2.45, 2.75) is 0 Å². The minimum absolute atomic E-state index is 0.769. The first-order valence-corrected chi connectivity index (χ1v) is 11.6. The summed E-state index contributed by atoms with van der Waals surface area (Å²) in [6.45, 7) is 0. The van der Waals surface area contributed by atoms with Gasteiger partial charge in [0, 0.05) is 12.1 Å². The summed E-state index contributed by atoms with van der Waals surface area (Å²) >= 11 is 0. The molecule has 0 fully saturated rings. The highest BCUT2D eigenvalue weighted by Gasteiger charge is 2.02. The zero-order valence-corrected chi connectivity index (χ0v) is 21.0. The SMILES string of the molecule is COc1cc(/C=C/c2ccc(-c3ccc(/C=C/c4cc(OC)cc(OC)c4)cc3)cc2)cc(OC)c1. The lowest BCUT2D eigenvalue weighted by molar-refractivity contribution is 0.394. The van der Waals surface area contributed by atoms with Gasteiger partial charge in [0.1, 0.15) is 23.0 Å². The predicted octanol–water partition coefficient (Wildman–Crippen LogP) is 7.73. The molecule has 0 aromatic heterocycles. The molecule has 4 aromatic rings. The average Bonchev–Trinajstić information content (AvgIpc) is 2.95. The standard InChI is InChI=1S/C32H30O4/c1-33-29-17-25(18-30(21-29)34-2)7-5-23-9-13-27(14-10-23)28-15-11-24(12-16-28)6-8-26-19-31(35-3)22-32(20-26)36-4/h5-22H,1-4H3/b7-5+,8-6+. The minimum Gasteiger partial charge on any atom is -0.497 e. The lowest BCUT2D eigenvalue weighted by atomic mass is 10.0. The fourth-order valence-corrected chi connectivity index (χ4v) is 3.81. The third-order valence-corrected chi connectivity index (χ3v) is 5.84. The fourth-order valence-electron chi connectivity index (χ4n) is 3.81. The highest BCUT2D eigenvalue weighted by molar-refractivity contribution is 5.75. The van der Waals surface area contributed by atoms with Crippen molar-refractivity contribution in [2.75, 3.05) is 28.4 Å². The Kier molecular flexibility index (Phi) is 8.09. The quantitative estimate of drug-likeness (QED) is 0.231. The van der Waals surface area contributed by atoms with Crippen molar-refractivity contribution in [1.29, 1.82) is 0 Å². The van der Waals surface area contributed by atoms with Gasteiger partial charge in [-0.2, -0.15) is 0 Å². The van der Waals surface area contributed by atoms with Gasteiger partial charge in [-0.1, -0.05) is 72.8 Å².